The summed E-state index contributed by atoms with van der Waals surface area (Å²) in [6, 6.07) is 21.9. The molecule has 1 atom stereocenters. The van der Waals surface area contributed by atoms with E-state index in [2.05, 4.69) is 19.2 Å². The fourth-order valence-electron chi connectivity index (χ4n) is 4.57. The van der Waals surface area contributed by atoms with Gasteiger partial charge in [-0.3, -0.25) is 14.9 Å². The molecule has 1 unspecified atom stereocenters. The van der Waals surface area contributed by atoms with E-state index >= 15 is 0 Å². The van der Waals surface area contributed by atoms with E-state index in [1.54, 1.807) is 18.2 Å². The summed E-state index contributed by atoms with van der Waals surface area (Å²) in [5.74, 6) is -1.02. The molecular formula is C30H26ClN3O3. The quantitative estimate of drug-likeness (QED) is 0.236. The number of nitrogens with zero attached hydrogens (tertiary/aromatic N) is 2. The van der Waals surface area contributed by atoms with Crippen molar-refractivity contribution in [3.8, 4) is 0 Å². The van der Waals surface area contributed by atoms with E-state index in [0.29, 0.717) is 28.7 Å². The normalized spacial score (nSPS) is 15.9. The molecule has 3 aromatic carbocycles. The zero-order chi connectivity index (χ0) is 26.1. The van der Waals surface area contributed by atoms with Gasteiger partial charge in [-0.2, -0.15) is 0 Å². The van der Waals surface area contributed by atoms with Crippen LogP contribution in [-0.2, 0) is 16.1 Å². The molecule has 186 valence electrons. The van der Waals surface area contributed by atoms with Gasteiger partial charge in [0.1, 0.15) is 5.57 Å². The smallest absolute Gasteiger partial charge is 0.335 e. The molecule has 0 bridgehead atoms. The first kappa shape index (κ1) is 24.5. The van der Waals surface area contributed by atoms with E-state index in [-0.39, 0.29) is 5.57 Å². The minimum atomic E-state index is -0.760. The number of para-hydroxylation sites is 1. The van der Waals surface area contributed by atoms with Crippen LogP contribution in [0.4, 0.5) is 10.5 Å². The summed E-state index contributed by atoms with van der Waals surface area (Å²) in [5, 5.41) is 3.86. The predicted octanol–water partition coefficient (Wildman–Crippen LogP) is 6.52. The Labute approximate surface area is 220 Å². The molecule has 0 spiro atoms. The van der Waals surface area contributed by atoms with Crippen molar-refractivity contribution < 1.29 is 14.4 Å². The minimum absolute atomic E-state index is 0.105. The monoisotopic (exact) mass is 511 g/mol. The molecule has 37 heavy (non-hydrogen) atoms. The molecule has 6 nitrogen and oxygen atoms in total. The van der Waals surface area contributed by atoms with Crippen molar-refractivity contribution in [1.29, 1.82) is 0 Å². The standard InChI is InChI=1S/C30H26ClN3O3/c1-3-19(2)20-12-14-23(15-13-20)34-29(36)25(28(35)32-30(34)37)16-22-18-33(27-11-7-5-9-24(22)27)17-21-8-4-6-10-26(21)31/h4-16,18-19H,3,17H2,1-2H3,(H,32,35,37). The summed E-state index contributed by atoms with van der Waals surface area (Å²) < 4.78 is 2.03. The Morgan fingerprint density at radius 1 is 0.946 bits per heavy atom. The number of nitrogens with one attached hydrogen (secondary N) is 1. The molecule has 1 N–H and O–H groups in total. The van der Waals surface area contributed by atoms with E-state index in [1.165, 1.54) is 0 Å². The number of anilines is 1. The molecule has 1 aliphatic heterocycles. The summed E-state index contributed by atoms with van der Waals surface area (Å²) in [4.78, 5) is 39.9. The van der Waals surface area contributed by atoms with Crippen LogP contribution in [0.25, 0.3) is 17.0 Å². The average Bonchev–Trinajstić information content (AvgIpc) is 3.25. The first-order chi connectivity index (χ1) is 17.9. The molecule has 7 heteroatoms. The number of urea groups is 1. The van der Waals surface area contributed by atoms with Gasteiger partial charge in [0.15, 0.2) is 0 Å². The third kappa shape index (κ3) is 4.68. The van der Waals surface area contributed by atoms with Crippen molar-refractivity contribution >= 4 is 52.1 Å². The molecule has 1 aromatic heterocycles. The number of carbonyl (C=O) groups is 3. The van der Waals surface area contributed by atoms with Gasteiger partial charge in [-0.05, 0) is 53.8 Å². The van der Waals surface area contributed by atoms with Crippen LogP contribution in [-0.4, -0.2) is 22.4 Å². The first-order valence-electron chi connectivity index (χ1n) is 12.2. The lowest BCUT2D eigenvalue weighted by molar-refractivity contribution is -0.122. The number of hydrogen-bond donors (Lipinski definition) is 1. The second-order valence-corrected chi connectivity index (χ2v) is 9.59. The van der Waals surface area contributed by atoms with Crippen LogP contribution in [0.15, 0.2) is 84.6 Å². The number of barbiturate groups is 1. The minimum Gasteiger partial charge on any atom is -0.342 e. The predicted molar refractivity (Wildman–Crippen MR) is 147 cm³/mol. The molecule has 0 saturated carbocycles. The van der Waals surface area contributed by atoms with Crippen molar-refractivity contribution in [2.24, 2.45) is 0 Å². The SMILES string of the molecule is CCC(C)c1ccc(N2C(=O)NC(=O)C(=Cc3cn(Cc4ccccc4Cl)c4ccccc34)C2=O)cc1. The molecule has 0 radical (unpaired) electrons. The van der Waals surface area contributed by atoms with Crippen molar-refractivity contribution in [3.63, 3.8) is 0 Å². The van der Waals surface area contributed by atoms with Gasteiger partial charge < -0.3 is 4.57 Å². The third-order valence-electron chi connectivity index (χ3n) is 6.85. The summed E-state index contributed by atoms with van der Waals surface area (Å²) in [6.07, 6.45) is 4.42. The molecule has 1 aliphatic rings. The Morgan fingerprint density at radius 3 is 2.38 bits per heavy atom. The second kappa shape index (κ2) is 10.1. The van der Waals surface area contributed by atoms with Crippen LogP contribution in [0.5, 0.6) is 0 Å². The molecule has 2 heterocycles. The number of imide groups is 2. The maximum absolute atomic E-state index is 13.5. The Hall–Kier alpha value is -4.16. The highest BCUT2D eigenvalue weighted by Gasteiger charge is 2.37. The van der Waals surface area contributed by atoms with E-state index < -0.39 is 17.8 Å². The van der Waals surface area contributed by atoms with E-state index in [9.17, 15) is 14.4 Å². The Kier molecular flexibility index (Phi) is 6.68. The van der Waals surface area contributed by atoms with Gasteiger partial charge >= 0.3 is 6.03 Å². The molecule has 1 fully saturated rings. The molecule has 0 aliphatic carbocycles. The fourth-order valence-corrected chi connectivity index (χ4v) is 4.76. The Balaban J connectivity index is 1.53. The van der Waals surface area contributed by atoms with Gasteiger partial charge in [0, 0.05) is 34.2 Å². The van der Waals surface area contributed by atoms with Crippen molar-refractivity contribution in [3.05, 3.63) is 106 Å². The lowest BCUT2D eigenvalue weighted by Crippen LogP contribution is -2.54. The number of carbonyl (C=O) groups excluding carboxylic acids is 3. The third-order valence-corrected chi connectivity index (χ3v) is 7.22. The zero-order valence-corrected chi connectivity index (χ0v) is 21.3. The maximum Gasteiger partial charge on any atom is 0.335 e. The summed E-state index contributed by atoms with van der Waals surface area (Å²) in [5.41, 5.74) is 4.01. The van der Waals surface area contributed by atoms with Crippen molar-refractivity contribution in [2.45, 2.75) is 32.7 Å². The number of fused-ring (bicyclic) bond motifs is 1. The number of halogens is 1. The van der Waals surface area contributed by atoms with Crippen molar-refractivity contribution in [2.75, 3.05) is 4.90 Å². The number of amides is 4. The van der Waals surface area contributed by atoms with Crippen LogP contribution < -0.4 is 10.2 Å². The highest BCUT2D eigenvalue weighted by Crippen LogP contribution is 2.29. The average molecular weight is 512 g/mol. The lowest BCUT2D eigenvalue weighted by Gasteiger charge is -2.26. The Morgan fingerprint density at radius 2 is 1.65 bits per heavy atom. The zero-order valence-electron chi connectivity index (χ0n) is 20.6. The lowest BCUT2D eigenvalue weighted by atomic mass is 9.98. The molecular weight excluding hydrogens is 486 g/mol. The number of rotatable bonds is 6. The number of aromatic nitrogens is 1. The molecule has 5 rings (SSSR count). The van der Waals surface area contributed by atoms with Crippen LogP contribution in [0.2, 0.25) is 5.02 Å². The van der Waals surface area contributed by atoms with Crippen LogP contribution in [0.1, 0.15) is 42.9 Å². The highest BCUT2D eigenvalue weighted by molar-refractivity contribution is 6.39. The van der Waals surface area contributed by atoms with Gasteiger partial charge in [0.2, 0.25) is 0 Å². The number of benzene rings is 3. The van der Waals surface area contributed by atoms with Crippen LogP contribution >= 0.6 is 11.6 Å². The van der Waals surface area contributed by atoms with E-state index in [4.69, 9.17) is 11.6 Å². The summed E-state index contributed by atoms with van der Waals surface area (Å²) in [6.45, 7) is 4.75. The van der Waals surface area contributed by atoms with E-state index in [0.717, 1.165) is 33.4 Å². The van der Waals surface area contributed by atoms with Gasteiger partial charge in [-0.1, -0.05) is 74.0 Å². The summed E-state index contributed by atoms with van der Waals surface area (Å²) >= 11 is 6.39. The second-order valence-electron chi connectivity index (χ2n) is 9.18. The van der Waals surface area contributed by atoms with Crippen molar-refractivity contribution in [1.82, 2.24) is 9.88 Å². The molecule has 4 aromatic rings. The largest absolute Gasteiger partial charge is 0.342 e. The fraction of sp³-hybridized carbons (Fsp3) is 0.167. The van der Waals surface area contributed by atoms with Crippen LogP contribution in [0.3, 0.4) is 0 Å². The highest BCUT2D eigenvalue weighted by atomic mass is 35.5. The topological polar surface area (TPSA) is 71.4 Å². The van der Waals surface area contributed by atoms with Gasteiger partial charge in [-0.15, -0.1) is 0 Å². The number of hydrogen-bond acceptors (Lipinski definition) is 3. The summed E-state index contributed by atoms with van der Waals surface area (Å²) in [7, 11) is 0. The Bertz CT molecular complexity index is 1550. The maximum atomic E-state index is 13.5. The van der Waals surface area contributed by atoms with Gasteiger partial charge in [0.25, 0.3) is 11.8 Å². The van der Waals surface area contributed by atoms with Crippen LogP contribution in [0, 0.1) is 0 Å². The molecule has 1 saturated heterocycles. The molecule has 4 amide bonds. The first-order valence-corrected chi connectivity index (χ1v) is 12.6. The van der Waals surface area contributed by atoms with E-state index in [1.807, 2.05) is 71.4 Å². The van der Waals surface area contributed by atoms with Gasteiger partial charge in [-0.25, -0.2) is 9.69 Å². The van der Waals surface area contributed by atoms with Gasteiger partial charge in [0.05, 0.1) is 5.69 Å².